The van der Waals surface area contributed by atoms with Crippen LogP contribution in [0.15, 0.2) is 206 Å². The van der Waals surface area contributed by atoms with E-state index in [9.17, 15) is 0 Å². The highest BCUT2D eigenvalue weighted by atomic mass is 15.0. The fourth-order valence-electron chi connectivity index (χ4n) is 8.28. The first-order valence-corrected chi connectivity index (χ1v) is 19.3. The smallest absolute Gasteiger partial charge is 0.164 e. The van der Waals surface area contributed by atoms with Crippen molar-refractivity contribution in [3.8, 4) is 62.1 Å². The lowest BCUT2D eigenvalue weighted by Gasteiger charge is -2.16. The van der Waals surface area contributed by atoms with Gasteiger partial charge in [-0.2, -0.15) is 0 Å². The van der Waals surface area contributed by atoms with Gasteiger partial charge in [0.25, 0.3) is 0 Å². The van der Waals surface area contributed by atoms with Crippen molar-refractivity contribution in [2.45, 2.75) is 0 Å². The van der Waals surface area contributed by atoms with Gasteiger partial charge in [0.05, 0.1) is 16.7 Å². The molecular formula is C53H34N4. The summed E-state index contributed by atoms with van der Waals surface area (Å²) in [5, 5.41) is 7.40. The molecule has 11 rings (SSSR count). The van der Waals surface area contributed by atoms with Gasteiger partial charge in [-0.1, -0.05) is 176 Å². The first-order valence-electron chi connectivity index (χ1n) is 19.3. The first kappa shape index (κ1) is 32.7. The van der Waals surface area contributed by atoms with E-state index in [0.717, 1.165) is 55.7 Å². The SMILES string of the molecule is c1ccc(-c2nc(-c3cccc(-c4ccc5c(ccc6ccccc65)c4)c3)nc(-c3ccc(-c4ccccc4)c(-n4c5ccccc5c5ccccc54)c3)n2)cc1. The van der Waals surface area contributed by atoms with E-state index in [0.29, 0.717) is 17.5 Å². The molecule has 4 heteroatoms. The molecule has 0 aliphatic carbocycles. The van der Waals surface area contributed by atoms with Crippen LogP contribution in [-0.2, 0) is 0 Å². The number of hydrogen-bond donors (Lipinski definition) is 0. The van der Waals surface area contributed by atoms with Crippen molar-refractivity contribution in [3.63, 3.8) is 0 Å². The number of aromatic nitrogens is 4. The zero-order valence-corrected chi connectivity index (χ0v) is 30.9. The standard InChI is InChI=1S/C53H34N4/c1-3-14-35(15-4-1)45-31-29-42(34-50(45)57-48-24-11-9-22-46(48)47-23-10-12-25-49(47)57)53-55-51(37-17-5-2-6-18-37)54-52(56-53)41-20-13-19-38(33-41)39-28-30-44-40(32-39)27-26-36-16-7-8-21-43(36)44/h1-34H. The first-order chi connectivity index (χ1) is 28.2. The van der Waals surface area contributed by atoms with Crippen LogP contribution in [-0.4, -0.2) is 19.5 Å². The van der Waals surface area contributed by atoms with E-state index in [-0.39, 0.29) is 0 Å². The Kier molecular flexibility index (Phi) is 7.78. The summed E-state index contributed by atoms with van der Waals surface area (Å²) < 4.78 is 2.38. The van der Waals surface area contributed by atoms with Crippen LogP contribution < -0.4 is 0 Å². The molecule has 0 spiro atoms. The summed E-state index contributed by atoms with van der Waals surface area (Å²) in [5.74, 6) is 1.87. The molecule has 0 saturated heterocycles. The van der Waals surface area contributed by atoms with Crippen molar-refractivity contribution in [2.24, 2.45) is 0 Å². The summed E-state index contributed by atoms with van der Waals surface area (Å²) in [5.41, 5.74) is 10.6. The summed E-state index contributed by atoms with van der Waals surface area (Å²) >= 11 is 0. The Labute approximate surface area is 330 Å². The molecule has 0 unspecified atom stereocenters. The molecule has 0 N–H and O–H groups in total. The van der Waals surface area contributed by atoms with Crippen LogP contribution in [0.2, 0.25) is 0 Å². The van der Waals surface area contributed by atoms with Gasteiger partial charge in [0.15, 0.2) is 17.5 Å². The monoisotopic (exact) mass is 726 g/mol. The van der Waals surface area contributed by atoms with Gasteiger partial charge in [-0.05, 0) is 68.6 Å². The van der Waals surface area contributed by atoms with E-state index in [1.807, 2.05) is 18.2 Å². The summed E-state index contributed by atoms with van der Waals surface area (Å²) in [7, 11) is 0. The van der Waals surface area contributed by atoms with Gasteiger partial charge in [-0.25, -0.2) is 15.0 Å². The maximum Gasteiger partial charge on any atom is 0.164 e. The quantitative estimate of drug-likeness (QED) is 0.160. The second-order valence-corrected chi connectivity index (χ2v) is 14.4. The highest BCUT2D eigenvalue weighted by molar-refractivity contribution is 6.10. The maximum absolute atomic E-state index is 5.24. The van der Waals surface area contributed by atoms with Crippen LogP contribution >= 0.6 is 0 Å². The van der Waals surface area contributed by atoms with Crippen LogP contribution in [0.3, 0.4) is 0 Å². The Morgan fingerprint density at radius 1 is 0.281 bits per heavy atom. The van der Waals surface area contributed by atoms with Crippen LogP contribution in [0.5, 0.6) is 0 Å². The minimum atomic E-state index is 0.614. The molecule has 57 heavy (non-hydrogen) atoms. The number of hydrogen-bond acceptors (Lipinski definition) is 3. The molecule has 0 radical (unpaired) electrons. The topological polar surface area (TPSA) is 43.6 Å². The number of fused-ring (bicyclic) bond motifs is 6. The molecule has 2 aromatic heterocycles. The lowest BCUT2D eigenvalue weighted by Crippen LogP contribution is -2.02. The average Bonchev–Trinajstić information content (AvgIpc) is 3.63. The van der Waals surface area contributed by atoms with E-state index in [1.54, 1.807) is 0 Å². The molecule has 0 aliphatic rings. The van der Waals surface area contributed by atoms with Gasteiger partial charge in [-0.3, -0.25) is 0 Å². The van der Waals surface area contributed by atoms with Crippen molar-refractivity contribution >= 4 is 43.4 Å². The lowest BCUT2D eigenvalue weighted by molar-refractivity contribution is 1.07. The molecule has 9 aromatic carbocycles. The van der Waals surface area contributed by atoms with Crippen molar-refractivity contribution in [1.82, 2.24) is 19.5 Å². The largest absolute Gasteiger partial charge is 0.309 e. The Hall–Kier alpha value is -7.69. The Bertz CT molecular complexity index is 3240. The second-order valence-electron chi connectivity index (χ2n) is 14.4. The van der Waals surface area contributed by atoms with Gasteiger partial charge < -0.3 is 4.57 Å². The molecule has 0 amide bonds. The van der Waals surface area contributed by atoms with Crippen molar-refractivity contribution in [1.29, 1.82) is 0 Å². The van der Waals surface area contributed by atoms with Gasteiger partial charge in [-0.15, -0.1) is 0 Å². The third-order valence-corrected chi connectivity index (χ3v) is 11.0. The number of rotatable bonds is 6. The van der Waals surface area contributed by atoms with Crippen LogP contribution in [0.4, 0.5) is 0 Å². The third kappa shape index (κ3) is 5.74. The van der Waals surface area contributed by atoms with Crippen molar-refractivity contribution in [2.75, 3.05) is 0 Å². The summed E-state index contributed by atoms with van der Waals surface area (Å²) in [4.78, 5) is 15.5. The predicted octanol–water partition coefficient (Wildman–Crippen LogP) is 13.6. The van der Waals surface area contributed by atoms with E-state index >= 15 is 0 Å². The van der Waals surface area contributed by atoms with Crippen LogP contribution in [0.25, 0.3) is 105 Å². The molecular weight excluding hydrogens is 693 g/mol. The molecule has 0 saturated carbocycles. The highest BCUT2D eigenvalue weighted by Crippen LogP contribution is 2.39. The fraction of sp³-hybridized carbons (Fsp3) is 0. The molecule has 11 aromatic rings. The van der Waals surface area contributed by atoms with Crippen LogP contribution in [0, 0.1) is 0 Å². The molecule has 0 fully saturated rings. The summed E-state index contributed by atoms with van der Waals surface area (Å²) in [6, 6.07) is 72.9. The maximum atomic E-state index is 5.24. The molecule has 4 nitrogen and oxygen atoms in total. The lowest BCUT2D eigenvalue weighted by atomic mass is 9.96. The molecule has 0 bridgehead atoms. The second kappa shape index (κ2) is 13.6. The Morgan fingerprint density at radius 2 is 0.772 bits per heavy atom. The highest BCUT2D eigenvalue weighted by Gasteiger charge is 2.19. The van der Waals surface area contributed by atoms with Gasteiger partial charge in [0, 0.05) is 33.0 Å². The van der Waals surface area contributed by atoms with Crippen molar-refractivity contribution in [3.05, 3.63) is 206 Å². The van der Waals surface area contributed by atoms with Gasteiger partial charge in [0.1, 0.15) is 0 Å². The molecule has 2 heterocycles. The average molecular weight is 727 g/mol. The third-order valence-electron chi connectivity index (χ3n) is 11.0. The molecule has 0 atom stereocenters. The minimum Gasteiger partial charge on any atom is -0.309 e. The van der Waals surface area contributed by atoms with Crippen molar-refractivity contribution < 1.29 is 0 Å². The number of benzene rings is 9. The zero-order chi connectivity index (χ0) is 37.7. The van der Waals surface area contributed by atoms with Gasteiger partial charge >= 0.3 is 0 Å². The summed E-state index contributed by atoms with van der Waals surface area (Å²) in [6.07, 6.45) is 0. The fourth-order valence-corrected chi connectivity index (χ4v) is 8.28. The number of para-hydroxylation sites is 2. The van der Waals surface area contributed by atoms with E-state index < -0.39 is 0 Å². The van der Waals surface area contributed by atoms with E-state index in [1.165, 1.54) is 32.3 Å². The summed E-state index contributed by atoms with van der Waals surface area (Å²) in [6.45, 7) is 0. The van der Waals surface area contributed by atoms with Crippen LogP contribution in [0.1, 0.15) is 0 Å². The Morgan fingerprint density at radius 3 is 1.49 bits per heavy atom. The van der Waals surface area contributed by atoms with E-state index in [2.05, 4.69) is 193 Å². The minimum absolute atomic E-state index is 0.614. The Balaban J connectivity index is 1.09. The van der Waals surface area contributed by atoms with E-state index in [4.69, 9.17) is 15.0 Å². The molecule has 0 aliphatic heterocycles. The number of nitrogens with zero attached hydrogens (tertiary/aromatic N) is 4. The van der Waals surface area contributed by atoms with Gasteiger partial charge in [0.2, 0.25) is 0 Å². The zero-order valence-electron chi connectivity index (χ0n) is 30.9. The molecule has 266 valence electrons. The normalized spacial score (nSPS) is 11.5. The predicted molar refractivity (Wildman–Crippen MR) is 236 cm³/mol.